The van der Waals surface area contributed by atoms with Gasteiger partial charge in [0, 0.05) is 22.5 Å². The van der Waals surface area contributed by atoms with E-state index in [2.05, 4.69) is 31.9 Å². The minimum Gasteiger partial charge on any atom is -0.460 e. The molecule has 3 nitrogen and oxygen atoms in total. The van der Waals surface area contributed by atoms with Crippen LogP contribution in [0.1, 0.15) is 6.42 Å². The van der Waals surface area contributed by atoms with Crippen molar-refractivity contribution >= 4 is 37.8 Å². The maximum Gasteiger partial charge on any atom is 0.339 e. The highest BCUT2D eigenvalue weighted by molar-refractivity contribution is 9.12. The lowest BCUT2D eigenvalue weighted by molar-refractivity contribution is -0.139. The minimum atomic E-state index is -0.316. The molecule has 0 atom stereocenters. The zero-order valence-electron chi connectivity index (χ0n) is 7.68. The van der Waals surface area contributed by atoms with Crippen LogP contribution in [0.25, 0.3) is 0 Å². The van der Waals surface area contributed by atoms with Crippen LogP contribution >= 0.6 is 31.9 Å². The monoisotopic (exact) mass is 324 g/mol. The molecular weight excluding hydrogens is 316 g/mol. The zero-order valence-corrected chi connectivity index (χ0v) is 10.9. The number of carbonyl (C=O) groups excluding carboxylic acids is 1. The Labute approximate surface area is 99.4 Å². The Morgan fingerprint density at radius 3 is 2.71 bits per heavy atom. The second kappa shape index (κ2) is 5.68. The maximum atomic E-state index is 11.4. The lowest BCUT2D eigenvalue weighted by Gasteiger charge is -2.03. The number of halogens is 2. The smallest absolute Gasteiger partial charge is 0.339 e. The van der Waals surface area contributed by atoms with E-state index in [0.717, 1.165) is 8.96 Å². The average molecular weight is 326 g/mol. The van der Waals surface area contributed by atoms with Crippen LogP contribution in [0.4, 0.5) is 0 Å². The van der Waals surface area contributed by atoms with Crippen molar-refractivity contribution < 1.29 is 14.3 Å². The van der Waals surface area contributed by atoms with Crippen LogP contribution in [0.15, 0.2) is 20.6 Å². The first-order valence-corrected chi connectivity index (χ1v) is 5.64. The number of esters is 1. The molecule has 0 saturated heterocycles. The Balaban J connectivity index is 2.48. The minimum absolute atomic E-state index is 0.282. The van der Waals surface area contributed by atoms with Crippen LogP contribution in [-0.4, -0.2) is 26.3 Å². The number of hydrogen-bond donors (Lipinski definition) is 0. The summed E-state index contributed by atoms with van der Waals surface area (Å²) in [7, 11) is 1.56. The molecule has 0 radical (unpaired) electrons. The molecule has 0 aromatic carbocycles. The van der Waals surface area contributed by atoms with Crippen LogP contribution in [0.2, 0.25) is 0 Å². The predicted molar refractivity (Wildman–Crippen MR) is 60.4 cm³/mol. The molecule has 0 fully saturated rings. The standard InChI is InChI=1S/C9H10Br2O3/c1-13-2-3-14-9(12)7-4-6(10)5-8(7)11/h4H,2-3,5H2,1H3. The largest absolute Gasteiger partial charge is 0.460 e. The van der Waals surface area contributed by atoms with E-state index < -0.39 is 0 Å². The lowest BCUT2D eigenvalue weighted by atomic mass is 10.3. The molecule has 0 unspecified atom stereocenters. The number of ether oxygens (including phenoxy) is 2. The van der Waals surface area contributed by atoms with Gasteiger partial charge in [-0.15, -0.1) is 0 Å². The van der Waals surface area contributed by atoms with Crippen molar-refractivity contribution in [2.75, 3.05) is 20.3 Å². The lowest BCUT2D eigenvalue weighted by Crippen LogP contribution is -2.10. The second-order valence-electron chi connectivity index (χ2n) is 2.72. The fraction of sp³-hybridized carbons (Fsp3) is 0.444. The Bertz CT molecular complexity index is 294. The van der Waals surface area contributed by atoms with Crippen LogP contribution in [0.5, 0.6) is 0 Å². The van der Waals surface area contributed by atoms with Gasteiger partial charge in [-0.1, -0.05) is 31.9 Å². The molecule has 0 aromatic heterocycles. The third-order valence-corrected chi connectivity index (χ3v) is 2.87. The Morgan fingerprint density at radius 1 is 1.50 bits per heavy atom. The summed E-state index contributed by atoms with van der Waals surface area (Å²) in [6.45, 7) is 0.700. The van der Waals surface area contributed by atoms with Gasteiger partial charge >= 0.3 is 5.97 Å². The summed E-state index contributed by atoms with van der Waals surface area (Å²) in [5.41, 5.74) is 0.577. The molecule has 0 N–H and O–H groups in total. The molecule has 14 heavy (non-hydrogen) atoms. The van der Waals surface area contributed by atoms with E-state index in [4.69, 9.17) is 9.47 Å². The van der Waals surface area contributed by atoms with Gasteiger partial charge in [-0.05, 0) is 6.08 Å². The van der Waals surface area contributed by atoms with Gasteiger partial charge in [0.1, 0.15) is 6.61 Å². The maximum absolute atomic E-state index is 11.4. The first-order valence-electron chi connectivity index (χ1n) is 4.06. The highest BCUT2D eigenvalue weighted by atomic mass is 79.9. The summed E-state index contributed by atoms with van der Waals surface area (Å²) >= 11 is 6.65. The van der Waals surface area contributed by atoms with Crippen molar-refractivity contribution in [2.24, 2.45) is 0 Å². The van der Waals surface area contributed by atoms with E-state index >= 15 is 0 Å². The summed E-state index contributed by atoms with van der Waals surface area (Å²) < 4.78 is 11.6. The van der Waals surface area contributed by atoms with Gasteiger partial charge in [0.2, 0.25) is 0 Å². The third kappa shape index (κ3) is 3.22. The van der Waals surface area contributed by atoms with Crippen LogP contribution in [0.3, 0.4) is 0 Å². The first kappa shape index (κ1) is 11.9. The van der Waals surface area contributed by atoms with E-state index in [0.29, 0.717) is 18.6 Å². The van der Waals surface area contributed by atoms with Crippen molar-refractivity contribution in [3.8, 4) is 0 Å². The summed E-state index contributed by atoms with van der Waals surface area (Å²) in [6, 6.07) is 0. The van der Waals surface area contributed by atoms with Gasteiger partial charge in [0.05, 0.1) is 12.2 Å². The summed E-state index contributed by atoms with van der Waals surface area (Å²) in [6.07, 6.45) is 2.48. The van der Waals surface area contributed by atoms with Crippen molar-refractivity contribution in [1.82, 2.24) is 0 Å². The SMILES string of the molecule is COCCOC(=O)C1=C(Br)CC(Br)=C1. The number of carbonyl (C=O) groups is 1. The molecule has 0 amide bonds. The molecular formula is C9H10Br2O3. The molecule has 0 aromatic rings. The molecule has 0 bridgehead atoms. The van der Waals surface area contributed by atoms with Gasteiger partial charge in [-0.25, -0.2) is 4.79 Å². The van der Waals surface area contributed by atoms with Gasteiger partial charge in [-0.3, -0.25) is 0 Å². The first-order chi connectivity index (χ1) is 6.65. The van der Waals surface area contributed by atoms with Crippen LogP contribution in [-0.2, 0) is 14.3 Å². The van der Waals surface area contributed by atoms with E-state index in [-0.39, 0.29) is 12.6 Å². The van der Waals surface area contributed by atoms with Gasteiger partial charge < -0.3 is 9.47 Å². The topological polar surface area (TPSA) is 35.5 Å². The number of rotatable bonds is 4. The fourth-order valence-corrected chi connectivity index (χ4v) is 2.46. The summed E-state index contributed by atoms with van der Waals surface area (Å²) in [5, 5.41) is 0. The van der Waals surface area contributed by atoms with Gasteiger partial charge in [0.25, 0.3) is 0 Å². The molecule has 5 heteroatoms. The third-order valence-electron chi connectivity index (χ3n) is 1.66. The molecule has 0 aliphatic heterocycles. The van der Waals surface area contributed by atoms with Gasteiger partial charge in [-0.2, -0.15) is 0 Å². The predicted octanol–water partition coefficient (Wildman–Crippen LogP) is 2.51. The van der Waals surface area contributed by atoms with E-state index in [1.807, 2.05) is 0 Å². The van der Waals surface area contributed by atoms with Crippen molar-refractivity contribution in [3.05, 3.63) is 20.6 Å². The van der Waals surface area contributed by atoms with E-state index in [1.165, 1.54) is 0 Å². The molecule has 1 rings (SSSR count). The quantitative estimate of drug-likeness (QED) is 0.588. The Hall–Kier alpha value is -0.130. The average Bonchev–Trinajstić information content (AvgIpc) is 2.45. The summed E-state index contributed by atoms with van der Waals surface area (Å²) in [5.74, 6) is -0.316. The van der Waals surface area contributed by atoms with E-state index in [1.54, 1.807) is 13.2 Å². The van der Waals surface area contributed by atoms with Crippen molar-refractivity contribution in [1.29, 1.82) is 0 Å². The van der Waals surface area contributed by atoms with Crippen LogP contribution < -0.4 is 0 Å². The van der Waals surface area contributed by atoms with Gasteiger partial charge in [0.15, 0.2) is 0 Å². The second-order valence-corrected chi connectivity index (χ2v) is 4.69. The highest BCUT2D eigenvalue weighted by Gasteiger charge is 2.19. The number of methoxy groups -OCH3 is 1. The molecule has 1 aliphatic rings. The Morgan fingerprint density at radius 2 is 2.21 bits per heavy atom. The molecule has 0 saturated carbocycles. The number of hydrogen-bond acceptors (Lipinski definition) is 3. The Kier molecular flexibility index (Phi) is 4.84. The fourth-order valence-electron chi connectivity index (χ4n) is 0.995. The number of allylic oxidation sites excluding steroid dienone is 2. The van der Waals surface area contributed by atoms with Crippen molar-refractivity contribution in [3.63, 3.8) is 0 Å². The highest BCUT2D eigenvalue weighted by Crippen LogP contribution is 2.33. The van der Waals surface area contributed by atoms with Crippen molar-refractivity contribution in [2.45, 2.75) is 6.42 Å². The summed E-state index contributed by atoms with van der Waals surface area (Å²) in [4.78, 5) is 11.4. The van der Waals surface area contributed by atoms with Crippen LogP contribution in [0, 0.1) is 0 Å². The zero-order chi connectivity index (χ0) is 10.6. The molecule has 0 heterocycles. The van der Waals surface area contributed by atoms with E-state index in [9.17, 15) is 4.79 Å². The molecule has 78 valence electrons. The normalized spacial score (nSPS) is 15.8. The molecule has 1 aliphatic carbocycles. The molecule has 0 spiro atoms.